The minimum absolute atomic E-state index is 0.0388. The first kappa shape index (κ1) is 18.7. The lowest BCUT2D eigenvalue weighted by Crippen LogP contribution is -2.43. The van der Waals surface area contributed by atoms with Crippen LogP contribution in [0, 0.1) is 10.1 Å². The number of hydrogen-bond donors (Lipinski definition) is 1. The zero-order valence-corrected chi connectivity index (χ0v) is 13.3. The molecule has 0 saturated heterocycles. The second-order valence-electron chi connectivity index (χ2n) is 5.99. The number of nitro groups is 1. The summed E-state index contributed by atoms with van der Waals surface area (Å²) in [6.45, 7) is -0.677. The van der Waals surface area contributed by atoms with Crippen LogP contribution in [0.25, 0.3) is 0 Å². The summed E-state index contributed by atoms with van der Waals surface area (Å²) in [5.41, 5.74) is -2.62. The van der Waals surface area contributed by atoms with E-state index in [1.165, 1.54) is 0 Å². The Morgan fingerprint density at radius 1 is 1.29 bits per heavy atom. The number of alkyl halides is 3. The SMILES string of the molecule is O=[N+]([O-])C[C@]1(O)CC[C@@H](S(=O)(=O)c2cccc(C(F)(F)F)c2)CC1. The van der Waals surface area contributed by atoms with Gasteiger partial charge in [0.2, 0.25) is 6.54 Å². The first-order chi connectivity index (χ1) is 10.9. The van der Waals surface area contributed by atoms with E-state index in [1.54, 1.807) is 0 Å². The molecule has 0 bridgehead atoms. The van der Waals surface area contributed by atoms with Crippen molar-refractivity contribution in [1.82, 2.24) is 0 Å². The zero-order valence-electron chi connectivity index (χ0n) is 12.5. The van der Waals surface area contributed by atoms with Crippen molar-refractivity contribution in [3.8, 4) is 0 Å². The van der Waals surface area contributed by atoms with Crippen LogP contribution in [0.4, 0.5) is 13.2 Å². The smallest absolute Gasteiger partial charge is 0.383 e. The summed E-state index contributed by atoms with van der Waals surface area (Å²) in [5.74, 6) is 0. The van der Waals surface area contributed by atoms with Crippen LogP contribution in [0.15, 0.2) is 29.2 Å². The van der Waals surface area contributed by atoms with Crippen LogP contribution in [0.1, 0.15) is 31.2 Å². The normalized spacial score (nSPS) is 25.4. The number of benzene rings is 1. The molecule has 0 heterocycles. The molecule has 0 amide bonds. The molecule has 1 aromatic carbocycles. The fourth-order valence-corrected chi connectivity index (χ4v) is 4.68. The van der Waals surface area contributed by atoms with Crippen molar-refractivity contribution in [2.75, 3.05) is 6.54 Å². The summed E-state index contributed by atoms with van der Waals surface area (Å²) in [6.07, 6.45) is -4.90. The van der Waals surface area contributed by atoms with Gasteiger partial charge in [-0.1, -0.05) is 6.07 Å². The van der Waals surface area contributed by atoms with Gasteiger partial charge in [0, 0.05) is 4.92 Å². The Labute approximate surface area is 136 Å². The van der Waals surface area contributed by atoms with Crippen LogP contribution >= 0.6 is 0 Å². The Bertz CT molecular complexity index is 724. The van der Waals surface area contributed by atoms with Gasteiger partial charge in [-0.05, 0) is 43.9 Å². The standard InChI is InChI=1S/C14H16F3NO5S/c15-14(16,17)10-2-1-3-12(8-10)24(22,23)11-4-6-13(19,7-5-11)9-18(20)21/h1-3,8,11,19H,4-7,9H2/t11-,13+. The van der Waals surface area contributed by atoms with Gasteiger partial charge in [0.25, 0.3) is 0 Å². The second-order valence-corrected chi connectivity index (χ2v) is 8.21. The minimum Gasteiger partial charge on any atom is -0.383 e. The number of nitrogens with zero attached hydrogens (tertiary/aromatic N) is 1. The lowest BCUT2D eigenvalue weighted by molar-refractivity contribution is -0.502. The monoisotopic (exact) mass is 367 g/mol. The summed E-state index contributed by atoms with van der Waals surface area (Å²) in [5, 5.41) is 19.6. The lowest BCUT2D eigenvalue weighted by atomic mass is 9.85. The Kier molecular flexibility index (Phi) is 4.91. The van der Waals surface area contributed by atoms with Crippen molar-refractivity contribution in [3.63, 3.8) is 0 Å². The minimum atomic E-state index is -4.65. The third kappa shape index (κ3) is 4.04. The molecule has 0 aliphatic heterocycles. The second kappa shape index (κ2) is 6.32. The molecule has 1 saturated carbocycles. The number of hydrogen-bond acceptors (Lipinski definition) is 5. The van der Waals surface area contributed by atoms with Crippen molar-refractivity contribution in [3.05, 3.63) is 39.9 Å². The average molecular weight is 367 g/mol. The molecule has 1 N–H and O–H groups in total. The highest BCUT2D eigenvalue weighted by atomic mass is 32.2. The Morgan fingerprint density at radius 2 is 1.88 bits per heavy atom. The van der Waals surface area contributed by atoms with Gasteiger partial charge in [-0.25, -0.2) is 8.42 Å². The maximum Gasteiger partial charge on any atom is 0.416 e. The molecule has 0 aromatic heterocycles. The van der Waals surface area contributed by atoms with Crippen LogP contribution in [0.3, 0.4) is 0 Å². The fourth-order valence-electron chi connectivity index (χ4n) is 2.88. The van der Waals surface area contributed by atoms with Crippen LogP contribution < -0.4 is 0 Å². The van der Waals surface area contributed by atoms with Gasteiger partial charge in [0.15, 0.2) is 9.84 Å². The summed E-state index contributed by atoms with van der Waals surface area (Å²) in [4.78, 5) is 9.43. The molecule has 0 spiro atoms. The van der Waals surface area contributed by atoms with Crippen LogP contribution in [-0.4, -0.2) is 35.8 Å². The molecule has 2 rings (SSSR count). The Hall–Kier alpha value is -1.68. The van der Waals surface area contributed by atoms with Crippen molar-refractivity contribution in [2.24, 2.45) is 0 Å². The molecule has 134 valence electrons. The lowest BCUT2D eigenvalue weighted by Gasteiger charge is -2.32. The quantitative estimate of drug-likeness (QED) is 0.651. The van der Waals surface area contributed by atoms with Crippen molar-refractivity contribution >= 4 is 9.84 Å². The van der Waals surface area contributed by atoms with Crippen molar-refractivity contribution in [1.29, 1.82) is 0 Å². The van der Waals surface area contributed by atoms with Crippen LogP contribution in [0.5, 0.6) is 0 Å². The van der Waals surface area contributed by atoms with E-state index in [9.17, 15) is 36.8 Å². The van der Waals surface area contributed by atoms with E-state index in [4.69, 9.17) is 0 Å². The number of rotatable bonds is 4. The van der Waals surface area contributed by atoms with E-state index in [-0.39, 0.29) is 25.7 Å². The molecule has 6 nitrogen and oxygen atoms in total. The number of halogens is 3. The van der Waals surface area contributed by atoms with Gasteiger partial charge in [0.1, 0.15) is 5.60 Å². The molecule has 1 aromatic rings. The van der Waals surface area contributed by atoms with E-state index in [2.05, 4.69) is 0 Å². The van der Waals surface area contributed by atoms with Crippen LogP contribution in [-0.2, 0) is 16.0 Å². The van der Waals surface area contributed by atoms with Crippen molar-refractivity contribution in [2.45, 2.75) is 47.6 Å². The molecule has 1 aliphatic rings. The third-order valence-electron chi connectivity index (χ3n) is 4.22. The molecular formula is C14H16F3NO5S. The summed E-state index contributed by atoms with van der Waals surface area (Å²) in [7, 11) is -4.00. The highest BCUT2D eigenvalue weighted by Crippen LogP contribution is 2.36. The van der Waals surface area contributed by atoms with Gasteiger partial charge in [-0.15, -0.1) is 0 Å². The summed E-state index contributed by atoms with van der Waals surface area (Å²) in [6, 6.07) is 3.51. The zero-order chi connectivity index (χ0) is 18.2. The summed E-state index contributed by atoms with van der Waals surface area (Å²) < 4.78 is 63.2. The number of aliphatic hydroxyl groups is 1. The number of sulfone groups is 1. The van der Waals surface area contributed by atoms with Gasteiger partial charge in [-0.2, -0.15) is 13.2 Å². The largest absolute Gasteiger partial charge is 0.416 e. The fraction of sp³-hybridized carbons (Fsp3) is 0.571. The molecule has 0 unspecified atom stereocenters. The van der Waals surface area contributed by atoms with Gasteiger partial charge < -0.3 is 5.11 Å². The van der Waals surface area contributed by atoms with Gasteiger partial charge >= 0.3 is 6.18 Å². The molecule has 1 fully saturated rings. The molecule has 10 heteroatoms. The predicted molar refractivity (Wildman–Crippen MR) is 77.7 cm³/mol. The molecule has 0 radical (unpaired) electrons. The van der Waals surface area contributed by atoms with E-state index in [0.29, 0.717) is 6.07 Å². The maximum absolute atomic E-state index is 12.7. The first-order valence-corrected chi connectivity index (χ1v) is 8.74. The van der Waals surface area contributed by atoms with E-state index in [1.807, 2.05) is 0 Å². The highest BCUT2D eigenvalue weighted by molar-refractivity contribution is 7.92. The van der Waals surface area contributed by atoms with Gasteiger partial charge in [0.05, 0.1) is 15.7 Å². The molecule has 0 atom stereocenters. The summed E-state index contributed by atoms with van der Waals surface area (Å²) >= 11 is 0. The molecule has 1 aliphatic carbocycles. The van der Waals surface area contributed by atoms with E-state index < -0.39 is 48.8 Å². The maximum atomic E-state index is 12.7. The molecule has 24 heavy (non-hydrogen) atoms. The molecular weight excluding hydrogens is 351 g/mol. The van der Waals surface area contributed by atoms with E-state index >= 15 is 0 Å². The Morgan fingerprint density at radius 3 is 2.38 bits per heavy atom. The van der Waals surface area contributed by atoms with Crippen molar-refractivity contribution < 1.29 is 31.6 Å². The Balaban J connectivity index is 2.20. The highest BCUT2D eigenvalue weighted by Gasteiger charge is 2.42. The van der Waals surface area contributed by atoms with E-state index in [0.717, 1.165) is 18.2 Å². The first-order valence-electron chi connectivity index (χ1n) is 7.19. The van der Waals surface area contributed by atoms with Crippen LogP contribution in [0.2, 0.25) is 0 Å². The predicted octanol–water partition coefficient (Wildman–Crippen LogP) is 2.43. The average Bonchev–Trinajstić information content (AvgIpc) is 2.45. The van der Waals surface area contributed by atoms with Gasteiger partial charge in [-0.3, -0.25) is 10.1 Å². The topological polar surface area (TPSA) is 97.5 Å². The third-order valence-corrected chi connectivity index (χ3v) is 6.48.